The van der Waals surface area contributed by atoms with Gasteiger partial charge in [0.05, 0.1) is 73.0 Å². The Balaban J connectivity index is 0.000000140. The molecule has 3 fully saturated rings. The number of aromatic nitrogens is 9. The number of hydrogen-bond donors (Lipinski definition) is 5. The molecule has 0 bridgehead atoms. The molecule has 2 unspecified atom stereocenters. The Labute approximate surface area is 723 Å². The van der Waals surface area contributed by atoms with Crippen LogP contribution in [0.1, 0.15) is 108 Å². The van der Waals surface area contributed by atoms with Crippen molar-refractivity contribution in [1.82, 2.24) is 59.0 Å². The van der Waals surface area contributed by atoms with E-state index in [9.17, 15) is 27.6 Å². The van der Waals surface area contributed by atoms with E-state index in [1.165, 1.54) is 18.2 Å². The number of nitrogens with zero attached hydrogens (tertiary/aromatic N) is 18. The topological polar surface area (TPSA) is 389 Å². The van der Waals surface area contributed by atoms with E-state index in [-0.39, 0.29) is 56.8 Å². The number of rotatable bonds is 15. The average Bonchev–Trinajstić information content (AvgIpc) is 1.57. The fourth-order valence-electron chi connectivity index (χ4n) is 16.8. The number of pyridine rings is 3. The van der Waals surface area contributed by atoms with Crippen molar-refractivity contribution in [2.45, 2.75) is 114 Å². The van der Waals surface area contributed by atoms with E-state index in [1.807, 2.05) is 173 Å². The van der Waals surface area contributed by atoms with Crippen LogP contribution in [0, 0.1) is 17.8 Å². The Kier molecular flexibility index (Phi) is 25.5. The van der Waals surface area contributed by atoms with Crippen LogP contribution in [0.3, 0.4) is 0 Å². The molecule has 32 nitrogen and oxygen atoms in total. The van der Waals surface area contributed by atoms with Gasteiger partial charge in [-0.05, 0) is 156 Å². The average molecular weight is 1760 g/mol. The van der Waals surface area contributed by atoms with E-state index >= 15 is 0 Å². The number of nitrogens with one attached hydrogen (secondary N) is 2. The van der Waals surface area contributed by atoms with Gasteiger partial charge in [-0.2, -0.15) is 28.5 Å². The summed E-state index contributed by atoms with van der Waals surface area (Å²) in [6.45, 7) is 1.31. The van der Waals surface area contributed by atoms with E-state index in [2.05, 4.69) is 49.6 Å². The molecule has 6 aromatic heterocycles. The number of benzene rings is 6. The van der Waals surface area contributed by atoms with Gasteiger partial charge in [0.25, 0.3) is 17.7 Å². The Morgan fingerprint density at radius 3 is 1.03 bits per heavy atom. The minimum Gasteiger partial charge on any atom is -0.565 e. The maximum absolute atomic E-state index is 13.7. The number of carbonyl (C=O) groups is 3. The lowest BCUT2D eigenvalue weighted by Crippen LogP contribution is -2.51. The van der Waals surface area contributed by atoms with Gasteiger partial charge in [0.15, 0.2) is 17.5 Å². The van der Waals surface area contributed by atoms with Gasteiger partial charge < -0.3 is 26.2 Å². The molecule has 0 saturated heterocycles. The number of nitrogens with two attached hydrogens (primary N) is 1. The Morgan fingerprint density at radius 1 is 0.432 bits per heavy atom. The number of amides is 3. The molecule has 3 aliphatic carbocycles. The van der Waals surface area contributed by atoms with Gasteiger partial charge in [-0.1, -0.05) is 157 Å². The molecular weight excluding hydrogens is 1670 g/mol. The normalized spacial score (nSPS) is 18.9. The molecular formula is C87H85ClF3N21O11P2. The molecule has 125 heavy (non-hydrogen) atoms. The first-order valence-corrected chi connectivity index (χ1v) is 42.6. The summed E-state index contributed by atoms with van der Waals surface area (Å²) in [6.07, 6.45) is 9.55. The highest BCUT2D eigenvalue weighted by molar-refractivity contribution is 7.30. The predicted molar refractivity (Wildman–Crippen MR) is 465 cm³/mol. The zero-order chi connectivity index (χ0) is 87.3. The number of guanidine groups is 3. The zero-order valence-corrected chi connectivity index (χ0v) is 69.9. The van der Waals surface area contributed by atoms with Crippen LogP contribution in [0.15, 0.2) is 233 Å². The number of aliphatic imine (C=N–C) groups is 3. The predicted octanol–water partition coefficient (Wildman–Crippen LogP) is 14.8. The SMILES string of the molecule is CN1C(=O)c2c(nn(Cc3ccc(-c4cccc(F)n4)cc3)c2Cl)N2C1=N[C@@H]1CCC[C@@H]12.CN1C(=O)c2c(nn(Cc3ccc(-c4cccc(F)n4)cc3)c2Nc2ccccc2)N2C1=N[C@@H]1CCC[C@@H]12.CN1C(=O)c2c(nn(Cc3ccc(-c4cccc(F)n4)cc3)c2Nc2ccccc2)N2C1=N[C@@H]1CCC[C@@H]12.Nc1ccccc1.O=[P+]([O-])OO.O=[P+]([O-])OO.[HH].[HH]. The molecule has 642 valence electrons. The van der Waals surface area contributed by atoms with E-state index in [0.717, 1.165) is 108 Å². The second kappa shape index (κ2) is 37.4. The fourth-order valence-corrected chi connectivity index (χ4v) is 17.1. The second-order valence-corrected chi connectivity index (χ2v) is 32.0. The van der Waals surface area contributed by atoms with Crippen molar-refractivity contribution >= 4 is 110 Å². The highest BCUT2D eigenvalue weighted by Crippen LogP contribution is 2.47. The first-order chi connectivity index (χ1) is 60.6. The molecule has 21 rings (SSSR count). The molecule has 3 amide bonds. The largest absolute Gasteiger partial charge is 0.565 e. The number of carbonyl (C=O) groups excluding carboxylic acids is 3. The summed E-state index contributed by atoms with van der Waals surface area (Å²) in [6, 6.07) is 68.0. The zero-order valence-electron chi connectivity index (χ0n) is 67.3. The summed E-state index contributed by atoms with van der Waals surface area (Å²) < 4.78 is 69.3. The second-order valence-electron chi connectivity index (χ2n) is 30.4. The minimum absolute atomic E-state index is 0. The lowest BCUT2D eigenvalue weighted by Gasteiger charge is -2.34. The molecule has 0 spiro atoms. The minimum atomic E-state index is -3.04. The Hall–Kier alpha value is -13.3. The van der Waals surface area contributed by atoms with Crippen molar-refractivity contribution in [1.29, 1.82) is 0 Å². The third-order valence-corrected chi connectivity index (χ3v) is 23.2. The third kappa shape index (κ3) is 18.1. The van der Waals surface area contributed by atoms with Gasteiger partial charge in [0.2, 0.25) is 35.7 Å². The molecule has 3 saturated carbocycles. The van der Waals surface area contributed by atoms with Crippen LogP contribution in [0.2, 0.25) is 5.15 Å². The third-order valence-electron chi connectivity index (χ3n) is 22.6. The first-order valence-electron chi connectivity index (χ1n) is 40.0. The van der Waals surface area contributed by atoms with Gasteiger partial charge in [0.1, 0.15) is 33.5 Å². The Bertz CT molecular complexity index is 5890. The number of para-hydroxylation sites is 3. The number of fused-ring (bicyclic) bond motifs is 15. The molecule has 12 heterocycles. The summed E-state index contributed by atoms with van der Waals surface area (Å²) in [5, 5.41) is 36.1. The van der Waals surface area contributed by atoms with Crippen molar-refractivity contribution < 1.29 is 69.2 Å². The fraction of sp³-hybridized carbons (Fsp3) is 0.241. The lowest BCUT2D eigenvalue weighted by molar-refractivity contribution is -0.245. The number of hydrogen-bond acceptors (Lipinski definition) is 26. The Morgan fingerprint density at radius 2 is 0.728 bits per heavy atom. The van der Waals surface area contributed by atoms with Gasteiger partial charge in [-0.15, -0.1) is 0 Å². The summed E-state index contributed by atoms with van der Waals surface area (Å²) in [4.78, 5) is 96.0. The van der Waals surface area contributed by atoms with Crippen LogP contribution in [-0.2, 0) is 38.1 Å². The summed E-state index contributed by atoms with van der Waals surface area (Å²) in [7, 11) is -0.759. The molecule has 0 radical (unpaired) electrons. The molecule has 38 heteroatoms. The molecule has 6 aliphatic heterocycles. The number of halogens is 4. The molecule has 6 aromatic carbocycles. The van der Waals surface area contributed by atoms with E-state index in [0.29, 0.717) is 106 Å². The quantitative estimate of drug-likeness (QED) is 0.0209. The van der Waals surface area contributed by atoms with Gasteiger partial charge in [0, 0.05) is 67.1 Å². The monoisotopic (exact) mass is 1750 g/mol. The van der Waals surface area contributed by atoms with Crippen LogP contribution in [0.25, 0.3) is 33.8 Å². The van der Waals surface area contributed by atoms with Crippen molar-refractivity contribution in [3.8, 4) is 33.8 Å². The summed E-state index contributed by atoms with van der Waals surface area (Å²) in [5.74, 6) is 3.36. The molecule has 6 N–H and O–H groups in total. The standard InChI is InChI=1S/2C29H26FN7O.C23H20ClFN6O.C6H7N.2HO4P.2H2/c2*1-35-28(38)25-26(31-20-7-3-2-4-8-20)36(34-27(25)37-23-11-5-10-22(23)33-29(35)37)17-18-13-15-19(16-14-18)21-9-6-12-24(30)32-21;1-29-22(32)19-20(24)30(28-21(19)31-17-6-2-5-16(17)27-23(29)31)12-13-8-10-14(11-9-13)15-4-3-7-18(25)26-15;7-6-4-2-1-3-5-6;2*1-4-5(2)3;;/h2*2-4,6-9,12-16,22-23,31H,5,10-11,17H2,1H3;3-4,7-11,16-17H,2,5-6,12H2,1H3;1-5H,7H2;2*1H;2*1H/t2*22-,23+;16-,17+;;;;;/m111...../s1. The van der Waals surface area contributed by atoms with Crippen LogP contribution in [0.5, 0.6) is 0 Å². The highest BCUT2D eigenvalue weighted by Gasteiger charge is 2.53. The van der Waals surface area contributed by atoms with Crippen molar-refractivity contribution in [2.75, 3.05) is 52.2 Å². The maximum Gasteiger partial charge on any atom is 0.521 e. The number of anilines is 8. The van der Waals surface area contributed by atoms with Crippen LogP contribution in [0.4, 0.5) is 59.3 Å². The lowest BCUT2D eigenvalue weighted by atomic mass is 10.1. The molecule has 12 aromatic rings. The van der Waals surface area contributed by atoms with E-state index in [1.54, 1.807) is 76.9 Å². The first kappa shape index (κ1) is 85.2. The van der Waals surface area contributed by atoms with Gasteiger partial charge in [-0.25, -0.2) is 54.5 Å². The smallest absolute Gasteiger partial charge is 0.521 e. The maximum atomic E-state index is 13.7. The summed E-state index contributed by atoms with van der Waals surface area (Å²) in [5.41, 5.74) is 16.6. The van der Waals surface area contributed by atoms with Gasteiger partial charge in [-0.3, -0.25) is 43.8 Å². The van der Waals surface area contributed by atoms with Crippen LogP contribution >= 0.6 is 28.1 Å². The van der Waals surface area contributed by atoms with Crippen molar-refractivity contribution in [3.05, 3.63) is 275 Å². The highest BCUT2D eigenvalue weighted by atomic mass is 35.5. The molecule has 8 atom stereocenters. The molecule has 9 aliphatic rings. The van der Waals surface area contributed by atoms with Gasteiger partial charge >= 0.3 is 16.5 Å². The van der Waals surface area contributed by atoms with E-state index < -0.39 is 34.4 Å². The van der Waals surface area contributed by atoms with Crippen molar-refractivity contribution in [3.63, 3.8) is 0 Å². The number of nitrogen functional groups attached to an aromatic ring is 1. The van der Waals surface area contributed by atoms with E-state index in [4.69, 9.17) is 77.0 Å². The van der Waals surface area contributed by atoms with Crippen LogP contribution < -0.4 is 40.9 Å². The van der Waals surface area contributed by atoms with Crippen LogP contribution in [-0.4, -0.2) is 163 Å². The summed E-state index contributed by atoms with van der Waals surface area (Å²) >= 11 is 6.67. The van der Waals surface area contributed by atoms with Crippen molar-refractivity contribution in [2.24, 2.45) is 15.0 Å².